The van der Waals surface area contributed by atoms with Gasteiger partial charge in [-0.25, -0.2) is 17.6 Å². The van der Waals surface area contributed by atoms with E-state index in [2.05, 4.69) is 5.10 Å². The number of nitrogens with zero attached hydrogens (tertiary/aromatic N) is 2. The predicted octanol–water partition coefficient (Wildman–Crippen LogP) is 3.48. The highest BCUT2D eigenvalue weighted by atomic mass is 19.4. The Morgan fingerprint density at radius 3 is 2.04 bits per heavy atom. The van der Waals surface area contributed by atoms with Crippen LogP contribution < -0.4 is 5.32 Å². The van der Waals surface area contributed by atoms with Crippen LogP contribution in [0, 0.1) is 34.6 Å². The molecule has 0 bridgehead atoms. The average molecular weight is 366 g/mol. The fourth-order valence-electron chi connectivity index (χ4n) is 1.99. The molecule has 0 saturated heterocycles. The first-order valence-corrected chi connectivity index (χ1v) is 6.20. The lowest BCUT2D eigenvalue weighted by Gasteiger charge is -2.13. The highest BCUT2D eigenvalue weighted by Crippen LogP contribution is 2.40. The number of nitrogens with one attached hydrogen (secondary N) is 2. The maximum atomic E-state index is 14.0. The van der Waals surface area contributed by atoms with E-state index in [1.54, 1.807) is 0 Å². The van der Waals surface area contributed by atoms with E-state index in [1.165, 1.54) is 6.07 Å². The van der Waals surface area contributed by atoms with Crippen LogP contribution in [-0.4, -0.2) is 16.1 Å². The molecular formula is C13H5F7N4O. The van der Waals surface area contributed by atoms with Crippen molar-refractivity contribution in [3.05, 3.63) is 34.4 Å². The van der Waals surface area contributed by atoms with E-state index >= 15 is 0 Å². The minimum atomic E-state index is -5.69. The molecule has 5 nitrogen and oxygen atoms in total. The molecular weight excluding hydrogens is 361 g/mol. The highest BCUT2D eigenvalue weighted by Gasteiger charge is 2.43. The molecule has 0 unspecified atom stereocenters. The van der Waals surface area contributed by atoms with Crippen molar-refractivity contribution < 1.29 is 35.5 Å². The summed E-state index contributed by atoms with van der Waals surface area (Å²) in [5.74, 6) is -11.4. The SMILES string of the molecule is CC(=O)Nc1n[nH]c(-c2c(F)c(F)c(C(F)(F)F)c(F)c2F)c1C#N. The van der Waals surface area contributed by atoms with Crippen LogP contribution in [0.1, 0.15) is 18.1 Å². The minimum Gasteiger partial charge on any atom is -0.308 e. The molecule has 0 saturated carbocycles. The first-order chi connectivity index (χ1) is 11.5. The Kier molecular flexibility index (Phi) is 4.44. The lowest BCUT2D eigenvalue weighted by molar-refractivity contribution is -0.143. The van der Waals surface area contributed by atoms with Gasteiger partial charge in [0.15, 0.2) is 29.1 Å². The Morgan fingerprint density at radius 1 is 1.12 bits per heavy atom. The number of benzene rings is 1. The van der Waals surface area contributed by atoms with Gasteiger partial charge in [0.25, 0.3) is 0 Å². The van der Waals surface area contributed by atoms with E-state index in [0.29, 0.717) is 0 Å². The fraction of sp³-hybridized carbons (Fsp3) is 0.154. The molecule has 0 radical (unpaired) electrons. The molecule has 0 aliphatic heterocycles. The summed E-state index contributed by atoms with van der Waals surface area (Å²) in [6, 6.07) is 1.38. The number of aromatic amines is 1. The zero-order chi connectivity index (χ0) is 19.1. The maximum Gasteiger partial charge on any atom is 0.422 e. The van der Waals surface area contributed by atoms with Crippen molar-refractivity contribution in [2.75, 3.05) is 5.32 Å². The molecule has 1 aromatic heterocycles. The molecule has 0 aliphatic carbocycles. The summed E-state index contributed by atoms with van der Waals surface area (Å²) in [4.78, 5) is 11.0. The topological polar surface area (TPSA) is 81.6 Å². The summed E-state index contributed by atoms with van der Waals surface area (Å²) in [6.07, 6.45) is -5.69. The van der Waals surface area contributed by atoms with Crippen LogP contribution in [-0.2, 0) is 11.0 Å². The normalized spacial score (nSPS) is 11.3. The molecule has 1 heterocycles. The second-order valence-corrected chi connectivity index (χ2v) is 4.62. The van der Waals surface area contributed by atoms with Crippen molar-refractivity contribution >= 4 is 11.7 Å². The third-order valence-corrected chi connectivity index (χ3v) is 2.97. The van der Waals surface area contributed by atoms with Crippen LogP contribution in [0.2, 0.25) is 0 Å². The van der Waals surface area contributed by atoms with Crippen LogP contribution in [0.5, 0.6) is 0 Å². The molecule has 132 valence electrons. The van der Waals surface area contributed by atoms with E-state index in [4.69, 9.17) is 5.26 Å². The molecule has 2 rings (SSSR count). The smallest absolute Gasteiger partial charge is 0.308 e. The maximum absolute atomic E-state index is 14.0. The molecule has 0 spiro atoms. The number of amides is 1. The van der Waals surface area contributed by atoms with Crippen LogP contribution in [0.3, 0.4) is 0 Å². The number of anilines is 1. The largest absolute Gasteiger partial charge is 0.422 e. The average Bonchev–Trinajstić information content (AvgIpc) is 2.86. The lowest BCUT2D eigenvalue weighted by Crippen LogP contribution is -2.16. The lowest BCUT2D eigenvalue weighted by atomic mass is 10.0. The van der Waals surface area contributed by atoms with Gasteiger partial charge in [-0.2, -0.15) is 23.5 Å². The van der Waals surface area contributed by atoms with Crippen molar-refractivity contribution in [3.8, 4) is 17.3 Å². The van der Waals surface area contributed by atoms with Gasteiger partial charge in [-0.05, 0) is 0 Å². The van der Waals surface area contributed by atoms with E-state index in [1.807, 2.05) is 10.4 Å². The zero-order valence-electron chi connectivity index (χ0n) is 11.9. The fourth-order valence-corrected chi connectivity index (χ4v) is 1.99. The van der Waals surface area contributed by atoms with E-state index in [-0.39, 0.29) is 0 Å². The summed E-state index contributed by atoms with van der Waals surface area (Å²) in [5.41, 5.74) is -6.01. The van der Waals surface area contributed by atoms with Gasteiger partial charge in [0, 0.05) is 6.92 Å². The summed E-state index contributed by atoms with van der Waals surface area (Å²) in [5, 5.41) is 16.2. The van der Waals surface area contributed by atoms with Crippen LogP contribution in [0.25, 0.3) is 11.3 Å². The number of nitriles is 1. The number of hydrogen-bond donors (Lipinski definition) is 2. The molecule has 0 atom stereocenters. The summed E-state index contributed by atoms with van der Waals surface area (Å²) < 4.78 is 92.9. The second-order valence-electron chi connectivity index (χ2n) is 4.62. The highest BCUT2D eigenvalue weighted by molar-refractivity contribution is 5.90. The second kappa shape index (κ2) is 6.08. The molecule has 0 fully saturated rings. The Balaban J connectivity index is 2.81. The number of carbonyl (C=O) groups excluding carboxylic acids is 1. The molecule has 0 aliphatic rings. The van der Waals surface area contributed by atoms with E-state index in [0.717, 1.165) is 6.92 Å². The van der Waals surface area contributed by atoms with E-state index in [9.17, 15) is 35.5 Å². The number of halogens is 7. The van der Waals surface area contributed by atoms with Gasteiger partial charge in [-0.3, -0.25) is 9.89 Å². The van der Waals surface area contributed by atoms with Crippen LogP contribution in [0.15, 0.2) is 0 Å². The van der Waals surface area contributed by atoms with Crippen LogP contribution in [0.4, 0.5) is 36.6 Å². The molecule has 1 amide bonds. The van der Waals surface area contributed by atoms with Crippen LogP contribution >= 0.6 is 0 Å². The number of rotatable bonds is 2. The summed E-state index contributed by atoms with van der Waals surface area (Å²) in [6.45, 7) is 1.01. The van der Waals surface area contributed by atoms with E-state index < -0.39 is 63.6 Å². The third-order valence-electron chi connectivity index (χ3n) is 2.97. The minimum absolute atomic E-state index is 0.524. The van der Waals surface area contributed by atoms with Crippen molar-refractivity contribution in [3.63, 3.8) is 0 Å². The molecule has 25 heavy (non-hydrogen) atoms. The quantitative estimate of drug-likeness (QED) is 0.631. The van der Waals surface area contributed by atoms with Gasteiger partial charge in [-0.15, -0.1) is 0 Å². The Labute approximate surface area is 134 Å². The number of alkyl halides is 3. The Bertz CT molecular complexity index is 882. The standard InChI is InChI=1S/C13H5F7N4O/c1-3(25)22-12-4(2-21)11(23-24-12)5-7(14)9(16)6(13(18,19)20)10(17)8(5)15/h1H3,(H2,22,23,24,25). The molecule has 1 aromatic carbocycles. The summed E-state index contributed by atoms with van der Waals surface area (Å²) >= 11 is 0. The Morgan fingerprint density at radius 2 is 1.64 bits per heavy atom. The van der Waals surface area contributed by atoms with Gasteiger partial charge in [-0.1, -0.05) is 0 Å². The zero-order valence-corrected chi connectivity index (χ0v) is 11.9. The van der Waals surface area contributed by atoms with Crippen molar-refractivity contribution in [1.82, 2.24) is 10.2 Å². The number of carbonyl (C=O) groups is 1. The number of hydrogen-bond acceptors (Lipinski definition) is 3. The number of H-pyrrole nitrogens is 1. The summed E-state index contributed by atoms with van der Waals surface area (Å²) in [7, 11) is 0. The van der Waals surface area contributed by atoms with Gasteiger partial charge < -0.3 is 5.32 Å². The van der Waals surface area contributed by atoms with Gasteiger partial charge in [0.2, 0.25) is 5.91 Å². The van der Waals surface area contributed by atoms with Gasteiger partial charge in [0.1, 0.15) is 17.2 Å². The van der Waals surface area contributed by atoms with Crippen molar-refractivity contribution in [2.24, 2.45) is 0 Å². The molecule has 2 aromatic rings. The third kappa shape index (κ3) is 3.00. The molecule has 12 heteroatoms. The first-order valence-electron chi connectivity index (χ1n) is 6.20. The van der Waals surface area contributed by atoms with Gasteiger partial charge in [0.05, 0.1) is 11.3 Å². The molecule has 2 N–H and O–H groups in total. The van der Waals surface area contributed by atoms with Crippen molar-refractivity contribution in [2.45, 2.75) is 13.1 Å². The monoisotopic (exact) mass is 366 g/mol. The number of aromatic nitrogens is 2. The van der Waals surface area contributed by atoms with Crippen molar-refractivity contribution in [1.29, 1.82) is 5.26 Å². The van der Waals surface area contributed by atoms with Gasteiger partial charge >= 0.3 is 6.18 Å². The first kappa shape index (κ1) is 18.2. The Hall–Kier alpha value is -3.10. The predicted molar refractivity (Wildman–Crippen MR) is 67.9 cm³/mol.